The molecule has 0 aromatic carbocycles. The van der Waals surface area contributed by atoms with Gasteiger partial charge in [-0.3, -0.25) is 9.59 Å². The molecule has 4 nitrogen and oxygen atoms in total. The van der Waals surface area contributed by atoms with Crippen molar-refractivity contribution in [2.24, 2.45) is 0 Å². The summed E-state index contributed by atoms with van der Waals surface area (Å²) >= 11 is 3.24. The van der Waals surface area contributed by atoms with Gasteiger partial charge < -0.3 is 10.6 Å². The van der Waals surface area contributed by atoms with Gasteiger partial charge in [0, 0.05) is 15.9 Å². The second-order valence-corrected chi connectivity index (χ2v) is 6.89. The van der Waals surface area contributed by atoms with Crippen molar-refractivity contribution in [1.29, 1.82) is 0 Å². The van der Waals surface area contributed by atoms with Gasteiger partial charge in [0.25, 0.3) is 0 Å². The van der Waals surface area contributed by atoms with Crippen LogP contribution in [0.2, 0.25) is 0 Å². The molecule has 0 radical (unpaired) electrons. The van der Waals surface area contributed by atoms with E-state index < -0.39 is 0 Å². The lowest BCUT2D eigenvalue weighted by atomic mass is 10.4. The average molecular weight is 297 g/mol. The molecule has 18 heavy (non-hydrogen) atoms. The first-order chi connectivity index (χ1) is 8.56. The van der Waals surface area contributed by atoms with Crippen molar-refractivity contribution in [3.8, 4) is 0 Å². The van der Waals surface area contributed by atoms with Crippen molar-refractivity contribution in [3.63, 3.8) is 0 Å². The van der Waals surface area contributed by atoms with Gasteiger partial charge in [0.1, 0.15) is 0 Å². The number of hydrogen-bond acceptors (Lipinski definition) is 4. The van der Waals surface area contributed by atoms with E-state index >= 15 is 0 Å². The quantitative estimate of drug-likeness (QED) is 0.605. The lowest BCUT2D eigenvalue weighted by molar-refractivity contribution is -0.118. The topological polar surface area (TPSA) is 58.2 Å². The van der Waals surface area contributed by atoms with Gasteiger partial charge in [0.2, 0.25) is 11.8 Å². The van der Waals surface area contributed by atoms with Crippen LogP contribution in [0.25, 0.3) is 0 Å². The van der Waals surface area contributed by atoms with Crippen molar-refractivity contribution in [2.75, 3.05) is 30.3 Å². The minimum absolute atomic E-state index is 0. The normalized spacial score (nSPS) is 10.4. The number of nitrogens with one attached hydrogen (secondary N) is 2. The van der Waals surface area contributed by atoms with Crippen LogP contribution in [0.5, 0.6) is 0 Å². The number of rotatable bonds is 10. The molecule has 0 bridgehead atoms. The molecular weight excluding hydrogens is 268 g/mol. The van der Waals surface area contributed by atoms with Crippen molar-refractivity contribution in [3.05, 3.63) is 0 Å². The fourth-order valence-electron chi connectivity index (χ4n) is 1.08. The fraction of sp³-hybridized carbons (Fsp3) is 0.833. The number of thioether (sulfide) groups is 2. The Hall–Kier alpha value is -0.360. The standard InChI is InChI=1S/C12H24N2O2S2.2H2/c1-4-17-8-11(15)13-6-5-7-14-12(16)9-18-10(2)3;;/h10H,4-9H2,1-3H3,(H,13,15)(H,14,16);2*1H. The van der Waals surface area contributed by atoms with E-state index in [1.807, 2.05) is 6.92 Å². The SMILES string of the molecule is CCSCC(=O)NCCCNC(=O)CSC(C)C.[HH].[HH]. The second-order valence-electron chi connectivity index (χ2n) is 4.05. The predicted octanol–water partition coefficient (Wildman–Crippen LogP) is 2.00. The zero-order valence-electron chi connectivity index (χ0n) is 11.5. The third-order valence-corrected chi connectivity index (χ3v) is 3.95. The summed E-state index contributed by atoms with van der Waals surface area (Å²) < 4.78 is 0. The van der Waals surface area contributed by atoms with Crippen molar-refractivity contribution >= 4 is 35.3 Å². The zero-order valence-corrected chi connectivity index (χ0v) is 13.1. The summed E-state index contributed by atoms with van der Waals surface area (Å²) in [5, 5.41) is 6.14. The first-order valence-electron chi connectivity index (χ1n) is 6.29. The Morgan fingerprint density at radius 2 is 1.67 bits per heavy atom. The minimum Gasteiger partial charge on any atom is -0.355 e. The molecule has 0 atom stereocenters. The van der Waals surface area contributed by atoms with E-state index in [-0.39, 0.29) is 14.7 Å². The van der Waals surface area contributed by atoms with Crippen LogP contribution in [0, 0.1) is 0 Å². The van der Waals surface area contributed by atoms with Gasteiger partial charge in [-0.2, -0.15) is 11.8 Å². The Kier molecular flexibility index (Phi) is 11.5. The molecule has 2 N–H and O–H groups in total. The molecule has 110 valence electrons. The molecule has 0 aromatic heterocycles. The van der Waals surface area contributed by atoms with E-state index in [0.29, 0.717) is 29.8 Å². The third-order valence-electron chi connectivity index (χ3n) is 1.98. The lowest BCUT2D eigenvalue weighted by Gasteiger charge is -2.07. The van der Waals surface area contributed by atoms with E-state index in [9.17, 15) is 9.59 Å². The minimum atomic E-state index is 0. The Morgan fingerprint density at radius 1 is 1.11 bits per heavy atom. The molecule has 0 heterocycles. The van der Waals surface area contributed by atoms with Crippen LogP contribution in [0.1, 0.15) is 30.0 Å². The molecule has 0 aliphatic rings. The number of carbonyl (C=O) groups is 2. The van der Waals surface area contributed by atoms with Crippen molar-refractivity contribution < 1.29 is 12.4 Å². The Bertz CT molecular complexity index is 258. The Labute approximate surface area is 121 Å². The van der Waals surface area contributed by atoms with E-state index in [1.165, 1.54) is 0 Å². The van der Waals surface area contributed by atoms with Gasteiger partial charge in [-0.05, 0) is 17.4 Å². The highest BCUT2D eigenvalue weighted by Gasteiger charge is 2.03. The smallest absolute Gasteiger partial charge is 0.230 e. The highest BCUT2D eigenvalue weighted by Crippen LogP contribution is 2.07. The van der Waals surface area contributed by atoms with E-state index in [0.717, 1.165) is 12.2 Å². The molecule has 0 saturated carbocycles. The summed E-state index contributed by atoms with van der Waals surface area (Å²) in [6.45, 7) is 7.42. The van der Waals surface area contributed by atoms with Crippen LogP contribution in [0.3, 0.4) is 0 Å². The number of amides is 2. The summed E-state index contributed by atoms with van der Waals surface area (Å²) in [7, 11) is 0. The Balaban J connectivity index is -0.00000144. The zero-order chi connectivity index (χ0) is 13.8. The molecule has 0 aromatic rings. The monoisotopic (exact) mass is 296 g/mol. The molecule has 0 unspecified atom stereocenters. The highest BCUT2D eigenvalue weighted by molar-refractivity contribution is 8.00. The second kappa shape index (κ2) is 11.7. The third kappa shape index (κ3) is 12.1. The lowest BCUT2D eigenvalue weighted by Crippen LogP contribution is -2.31. The van der Waals surface area contributed by atoms with E-state index in [2.05, 4.69) is 24.5 Å². The predicted molar refractivity (Wildman–Crippen MR) is 85.5 cm³/mol. The van der Waals surface area contributed by atoms with Gasteiger partial charge in [0.15, 0.2) is 0 Å². The first kappa shape index (κ1) is 17.6. The maximum Gasteiger partial charge on any atom is 0.230 e. The molecule has 0 rings (SSSR count). The summed E-state index contributed by atoms with van der Waals surface area (Å²) in [6.07, 6.45) is 0.778. The number of hydrogen-bond donors (Lipinski definition) is 2. The summed E-state index contributed by atoms with van der Waals surface area (Å²) in [4.78, 5) is 22.6. The number of carbonyl (C=O) groups excluding carboxylic acids is 2. The Morgan fingerprint density at radius 3 is 2.17 bits per heavy atom. The van der Waals surface area contributed by atoms with Crippen LogP contribution < -0.4 is 10.6 Å². The van der Waals surface area contributed by atoms with Gasteiger partial charge >= 0.3 is 0 Å². The van der Waals surface area contributed by atoms with E-state index in [4.69, 9.17) is 0 Å². The van der Waals surface area contributed by atoms with Crippen LogP contribution in [-0.4, -0.2) is 47.4 Å². The summed E-state index contributed by atoms with van der Waals surface area (Å²) in [6, 6.07) is 0. The van der Waals surface area contributed by atoms with Gasteiger partial charge in [-0.1, -0.05) is 20.8 Å². The van der Waals surface area contributed by atoms with Gasteiger partial charge in [0.05, 0.1) is 11.5 Å². The van der Waals surface area contributed by atoms with Crippen LogP contribution in [0.4, 0.5) is 0 Å². The van der Waals surface area contributed by atoms with Gasteiger partial charge in [-0.25, -0.2) is 0 Å². The maximum absolute atomic E-state index is 11.4. The summed E-state index contributed by atoms with van der Waals surface area (Å²) in [5.41, 5.74) is 0. The van der Waals surface area contributed by atoms with E-state index in [1.54, 1.807) is 23.5 Å². The molecule has 0 aliphatic carbocycles. The molecule has 0 saturated heterocycles. The summed E-state index contributed by atoms with van der Waals surface area (Å²) in [5.74, 6) is 2.13. The van der Waals surface area contributed by atoms with Crippen LogP contribution in [-0.2, 0) is 9.59 Å². The van der Waals surface area contributed by atoms with Crippen LogP contribution >= 0.6 is 23.5 Å². The first-order valence-corrected chi connectivity index (χ1v) is 8.49. The fourth-order valence-corrected chi connectivity index (χ4v) is 2.16. The average Bonchev–Trinajstić information content (AvgIpc) is 2.33. The van der Waals surface area contributed by atoms with Gasteiger partial charge in [-0.15, -0.1) is 11.8 Å². The van der Waals surface area contributed by atoms with Crippen molar-refractivity contribution in [2.45, 2.75) is 32.4 Å². The van der Waals surface area contributed by atoms with Crippen molar-refractivity contribution in [1.82, 2.24) is 10.6 Å². The highest BCUT2D eigenvalue weighted by atomic mass is 32.2. The van der Waals surface area contributed by atoms with Crippen LogP contribution in [0.15, 0.2) is 0 Å². The molecule has 6 heteroatoms. The molecule has 0 fully saturated rings. The molecule has 0 spiro atoms. The molecule has 2 amide bonds. The maximum atomic E-state index is 11.4. The molecular formula is C12H28N2O2S2. The molecule has 0 aliphatic heterocycles. The largest absolute Gasteiger partial charge is 0.355 e.